The van der Waals surface area contributed by atoms with Gasteiger partial charge in [0.2, 0.25) is 10.0 Å². The molecule has 7 heteroatoms. The first-order valence-corrected chi connectivity index (χ1v) is 12.3. The highest BCUT2D eigenvalue weighted by molar-refractivity contribution is 7.89. The largest absolute Gasteiger partial charge is 0.344 e. The van der Waals surface area contributed by atoms with Crippen LogP contribution in [0.3, 0.4) is 0 Å². The molecule has 1 aromatic heterocycles. The Labute approximate surface area is 183 Å². The fourth-order valence-electron chi connectivity index (χ4n) is 4.55. The molecule has 0 saturated heterocycles. The van der Waals surface area contributed by atoms with E-state index in [1.54, 1.807) is 24.3 Å². The first kappa shape index (κ1) is 21.6. The van der Waals surface area contributed by atoms with E-state index in [4.69, 9.17) is 0 Å². The van der Waals surface area contributed by atoms with Crippen LogP contribution in [0.4, 0.5) is 0 Å². The van der Waals surface area contributed by atoms with Crippen LogP contribution in [0, 0.1) is 0 Å². The summed E-state index contributed by atoms with van der Waals surface area (Å²) in [7, 11) is -1.71. The van der Waals surface area contributed by atoms with Crippen molar-refractivity contribution in [3.63, 3.8) is 0 Å². The van der Waals surface area contributed by atoms with Crippen LogP contribution in [0.15, 0.2) is 53.4 Å². The van der Waals surface area contributed by atoms with Crippen molar-refractivity contribution in [3.8, 4) is 0 Å². The summed E-state index contributed by atoms with van der Waals surface area (Å²) in [6.07, 6.45) is 3.00. The molecule has 1 N–H and O–H groups in total. The fraction of sp³-hybridized carbons (Fsp3) is 0.375. The first-order chi connectivity index (χ1) is 14.9. The second-order valence-electron chi connectivity index (χ2n) is 8.02. The molecule has 1 aliphatic carbocycles. The number of carbonyl (C=O) groups is 1. The molecule has 0 unspecified atom stereocenters. The van der Waals surface area contributed by atoms with Crippen molar-refractivity contribution in [3.05, 3.63) is 65.4 Å². The lowest BCUT2D eigenvalue weighted by Gasteiger charge is -2.26. The Morgan fingerprint density at radius 3 is 2.61 bits per heavy atom. The van der Waals surface area contributed by atoms with Gasteiger partial charge in [0.05, 0.1) is 10.9 Å². The van der Waals surface area contributed by atoms with Crippen LogP contribution in [0.5, 0.6) is 0 Å². The van der Waals surface area contributed by atoms with Crippen LogP contribution >= 0.6 is 0 Å². The quantitative estimate of drug-likeness (QED) is 0.631. The molecule has 6 nitrogen and oxygen atoms in total. The number of hydrogen-bond donors (Lipinski definition) is 1. The van der Waals surface area contributed by atoms with Gasteiger partial charge in [-0.2, -0.15) is 4.31 Å². The minimum absolute atomic E-state index is 0.00549. The van der Waals surface area contributed by atoms with Gasteiger partial charge in [-0.3, -0.25) is 4.79 Å². The molecule has 0 bridgehead atoms. The molecule has 1 heterocycles. The van der Waals surface area contributed by atoms with Gasteiger partial charge in [-0.25, -0.2) is 8.42 Å². The minimum atomic E-state index is -3.55. The second kappa shape index (κ2) is 8.48. The number of sulfonamides is 1. The van der Waals surface area contributed by atoms with Gasteiger partial charge in [0.15, 0.2) is 0 Å². The lowest BCUT2D eigenvalue weighted by Crippen LogP contribution is -2.32. The van der Waals surface area contributed by atoms with E-state index in [0.717, 1.165) is 30.2 Å². The maximum atomic E-state index is 13.1. The number of amides is 1. The molecule has 3 aromatic rings. The highest BCUT2D eigenvalue weighted by Crippen LogP contribution is 2.30. The Morgan fingerprint density at radius 1 is 1.13 bits per heavy atom. The lowest BCUT2D eigenvalue weighted by atomic mass is 9.87. The molecule has 0 aliphatic heterocycles. The zero-order valence-electron chi connectivity index (χ0n) is 18.3. The molecule has 1 aliphatic rings. The Kier molecular flexibility index (Phi) is 5.90. The number of carbonyl (C=O) groups excluding carboxylic acids is 1. The summed E-state index contributed by atoms with van der Waals surface area (Å²) in [5.74, 6) is -0.145. The summed E-state index contributed by atoms with van der Waals surface area (Å²) < 4.78 is 29.0. The SMILES string of the molecule is CCN(CC)S(=O)(=O)c1ccc2c(c1)cc(C(=O)N[C@@H]1CCCc3ccccc31)n2C. The highest BCUT2D eigenvalue weighted by Gasteiger charge is 2.25. The van der Waals surface area contributed by atoms with E-state index in [-0.39, 0.29) is 16.8 Å². The van der Waals surface area contributed by atoms with Crippen molar-refractivity contribution in [2.24, 2.45) is 7.05 Å². The number of benzene rings is 2. The number of nitrogens with zero attached hydrogens (tertiary/aromatic N) is 2. The van der Waals surface area contributed by atoms with Crippen LogP contribution in [-0.4, -0.2) is 36.3 Å². The Bertz CT molecular complexity index is 1230. The van der Waals surface area contributed by atoms with Crippen molar-refractivity contribution >= 4 is 26.8 Å². The van der Waals surface area contributed by atoms with E-state index in [0.29, 0.717) is 18.8 Å². The van der Waals surface area contributed by atoms with E-state index in [2.05, 4.69) is 17.4 Å². The van der Waals surface area contributed by atoms with Gasteiger partial charge in [0.1, 0.15) is 5.69 Å². The van der Waals surface area contributed by atoms with Crippen molar-refractivity contribution < 1.29 is 13.2 Å². The monoisotopic (exact) mass is 439 g/mol. The molecule has 164 valence electrons. The Hall–Kier alpha value is -2.64. The van der Waals surface area contributed by atoms with Crippen LogP contribution in [0.1, 0.15) is 54.3 Å². The third kappa shape index (κ3) is 3.88. The fourth-order valence-corrected chi connectivity index (χ4v) is 6.05. The maximum Gasteiger partial charge on any atom is 0.268 e. The molecular weight excluding hydrogens is 410 g/mol. The van der Waals surface area contributed by atoms with E-state index in [9.17, 15) is 13.2 Å². The van der Waals surface area contributed by atoms with E-state index in [1.807, 2.05) is 37.6 Å². The second-order valence-corrected chi connectivity index (χ2v) is 9.95. The zero-order valence-corrected chi connectivity index (χ0v) is 19.1. The topological polar surface area (TPSA) is 71.4 Å². The van der Waals surface area contributed by atoms with Gasteiger partial charge in [-0.15, -0.1) is 0 Å². The van der Waals surface area contributed by atoms with Crippen LogP contribution in [0.25, 0.3) is 10.9 Å². The predicted octanol–water partition coefficient (Wildman–Crippen LogP) is 4.02. The number of fused-ring (bicyclic) bond motifs is 2. The number of nitrogens with one attached hydrogen (secondary N) is 1. The van der Waals surface area contributed by atoms with E-state index >= 15 is 0 Å². The molecular formula is C24H29N3O3S. The predicted molar refractivity (Wildman–Crippen MR) is 123 cm³/mol. The third-order valence-corrected chi connectivity index (χ3v) is 8.31. The van der Waals surface area contributed by atoms with E-state index in [1.165, 1.54) is 15.4 Å². The van der Waals surface area contributed by atoms with Crippen LogP contribution in [-0.2, 0) is 23.5 Å². The number of rotatable bonds is 6. The van der Waals surface area contributed by atoms with Crippen molar-refractivity contribution in [1.29, 1.82) is 0 Å². The van der Waals surface area contributed by atoms with Crippen molar-refractivity contribution in [2.45, 2.75) is 44.0 Å². The number of hydrogen-bond acceptors (Lipinski definition) is 3. The molecule has 31 heavy (non-hydrogen) atoms. The molecule has 1 atom stereocenters. The van der Waals surface area contributed by atoms with Gasteiger partial charge in [0, 0.05) is 31.0 Å². The number of aryl methyl sites for hydroxylation is 2. The summed E-state index contributed by atoms with van der Waals surface area (Å²) in [4.78, 5) is 13.4. The van der Waals surface area contributed by atoms with Gasteiger partial charge in [-0.05, 0) is 54.7 Å². The Morgan fingerprint density at radius 2 is 1.87 bits per heavy atom. The standard InChI is InChI=1S/C24H29N3O3S/c1-4-27(5-2)31(29,30)19-13-14-22-18(15-19)16-23(26(22)3)24(28)25-21-12-8-10-17-9-6-7-11-20(17)21/h6-7,9,11,13-16,21H,4-5,8,10,12H2,1-3H3,(H,25,28)/t21-/m1/s1. The van der Waals surface area contributed by atoms with Gasteiger partial charge in [-0.1, -0.05) is 38.1 Å². The van der Waals surface area contributed by atoms with Gasteiger partial charge >= 0.3 is 0 Å². The first-order valence-electron chi connectivity index (χ1n) is 10.8. The summed E-state index contributed by atoms with van der Waals surface area (Å²) in [5.41, 5.74) is 3.83. The molecule has 0 saturated carbocycles. The smallest absolute Gasteiger partial charge is 0.268 e. The average molecular weight is 440 g/mol. The van der Waals surface area contributed by atoms with Crippen LogP contribution < -0.4 is 5.32 Å². The van der Waals surface area contributed by atoms with Crippen molar-refractivity contribution in [2.75, 3.05) is 13.1 Å². The molecule has 0 radical (unpaired) electrons. The highest BCUT2D eigenvalue weighted by atomic mass is 32.2. The summed E-state index contributed by atoms with van der Waals surface area (Å²) in [6, 6.07) is 15.1. The molecule has 0 fully saturated rings. The number of aromatic nitrogens is 1. The molecule has 1 amide bonds. The van der Waals surface area contributed by atoms with Gasteiger partial charge < -0.3 is 9.88 Å². The normalized spacial score (nSPS) is 16.5. The van der Waals surface area contributed by atoms with Crippen molar-refractivity contribution in [1.82, 2.24) is 14.2 Å². The Balaban J connectivity index is 1.65. The molecule has 2 aromatic carbocycles. The summed E-state index contributed by atoms with van der Waals surface area (Å²) >= 11 is 0. The third-order valence-electron chi connectivity index (χ3n) is 6.26. The summed E-state index contributed by atoms with van der Waals surface area (Å²) in [5, 5.41) is 3.93. The maximum absolute atomic E-state index is 13.1. The minimum Gasteiger partial charge on any atom is -0.344 e. The van der Waals surface area contributed by atoms with Crippen LogP contribution in [0.2, 0.25) is 0 Å². The summed E-state index contributed by atoms with van der Waals surface area (Å²) in [6.45, 7) is 4.49. The average Bonchev–Trinajstić information content (AvgIpc) is 3.11. The zero-order chi connectivity index (χ0) is 22.2. The molecule has 0 spiro atoms. The van der Waals surface area contributed by atoms with E-state index < -0.39 is 10.0 Å². The lowest BCUT2D eigenvalue weighted by molar-refractivity contribution is 0.0925. The molecule has 4 rings (SSSR count). The van der Waals surface area contributed by atoms with Gasteiger partial charge in [0.25, 0.3) is 5.91 Å².